The molecule has 0 unspecified atom stereocenters. The standard InChI is InChI=1S/C49H80Cl8O8Si2/c1-30(64-66(12,13)45(2,3)4)35(58-28-31-19-17-16-18-20-31)22-21-33(51)40(53)38(65-67(14,15)46(5,6)7)27-34(52)41(54)43-37(60-43)24-23-36-42(55)44(63-48(10,11)61-36)49(56,57)26-25-32(50)39-29-59-47(8,9)62-39/h16-20,23-24,30,32-44H,21-22,25-29H2,1-15H3/b24-23-/t30-,32+,33-,34+,35+,36-,37+,38+,39+,40+,41+,42-,43-,44+/m0/s1. The summed E-state index contributed by atoms with van der Waals surface area (Å²) in [6.45, 7) is 32.5. The highest BCUT2D eigenvalue weighted by atomic mass is 35.5. The molecule has 0 N–H and O–H groups in total. The lowest BCUT2D eigenvalue weighted by molar-refractivity contribution is -0.290. The molecule has 1 aromatic rings. The third kappa shape index (κ3) is 17.8. The first kappa shape index (κ1) is 60.9. The van der Waals surface area contributed by atoms with Gasteiger partial charge in [0.15, 0.2) is 28.2 Å². The van der Waals surface area contributed by atoms with Crippen molar-refractivity contribution in [2.45, 2.75) is 248 Å². The second-order valence-electron chi connectivity index (χ2n) is 22.7. The molecule has 8 nitrogen and oxygen atoms in total. The lowest BCUT2D eigenvalue weighted by atomic mass is 9.98. The van der Waals surface area contributed by atoms with E-state index in [0.29, 0.717) is 45.3 Å². The monoisotopic (exact) mass is 1130 g/mol. The average molecular weight is 1140 g/mol. The van der Waals surface area contributed by atoms with E-state index in [0.717, 1.165) is 5.56 Å². The molecule has 3 aliphatic rings. The Bertz CT molecular complexity index is 1710. The molecule has 0 bridgehead atoms. The summed E-state index contributed by atoms with van der Waals surface area (Å²) in [6, 6.07) is 10.2. The van der Waals surface area contributed by atoms with Gasteiger partial charge in [-0.05, 0) is 109 Å². The van der Waals surface area contributed by atoms with Gasteiger partial charge in [0.2, 0.25) is 0 Å². The third-order valence-electron chi connectivity index (χ3n) is 14.0. The van der Waals surface area contributed by atoms with Crippen LogP contribution in [0.1, 0.15) is 114 Å². The van der Waals surface area contributed by atoms with E-state index in [9.17, 15) is 0 Å². The van der Waals surface area contributed by atoms with Crippen LogP contribution in [-0.2, 0) is 43.9 Å². The second-order valence-corrected chi connectivity index (χ2v) is 36.9. The summed E-state index contributed by atoms with van der Waals surface area (Å²) < 4.78 is 49.4. The highest BCUT2D eigenvalue weighted by Gasteiger charge is 2.53. The minimum absolute atomic E-state index is 0.0432. The number of hydrogen-bond donors (Lipinski definition) is 0. The van der Waals surface area contributed by atoms with Crippen LogP contribution >= 0.6 is 92.8 Å². The van der Waals surface area contributed by atoms with Crippen molar-refractivity contribution in [2.75, 3.05) is 6.61 Å². The smallest absolute Gasteiger partial charge is 0.192 e. The van der Waals surface area contributed by atoms with E-state index in [1.165, 1.54) is 0 Å². The van der Waals surface area contributed by atoms with Crippen molar-refractivity contribution in [2.24, 2.45) is 0 Å². The lowest BCUT2D eigenvalue weighted by Gasteiger charge is -2.46. The first-order chi connectivity index (χ1) is 30.6. The molecule has 0 radical (unpaired) electrons. The van der Waals surface area contributed by atoms with Crippen molar-refractivity contribution in [3.63, 3.8) is 0 Å². The van der Waals surface area contributed by atoms with Crippen LogP contribution in [0.2, 0.25) is 36.3 Å². The Labute approximate surface area is 446 Å². The van der Waals surface area contributed by atoms with Gasteiger partial charge in [-0.3, -0.25) is 0 Å². The zero-order valence-corrected chi connectivity index (χ0v) is 50.4. The van der Waals surface area contributed by atoms with E-state index >= 15 is 0 Å². The molecule has 0 aromatic heterocycles. The van der Waals surface area contributed by atoms with Crippen LogP contribution in [-0.4, -0.2) is 120 Å². The molecule has 0 aliphatic carbocycles. The molecule has 3 fully saturated rings. The number of halogens is 8. The fourth-order valence-corrected chi connectivity index (χ4v) is 13.2. The van der Waals surface area contributed by atoms with E-state index < -0.39 is 77.7 Å². The lowest BCUT2D eigenvalue weighted by Crippen LogP contribution is -2.57. The second kappa shape index (κ2) is 24.4. The average Bonchev–Trinajstić information content (AvgIpc) is 3.89. The van der Waals surface area contributed by atoms with Gasteiger partial charge in [0.05, 0.1) is 69.9 Å². The summed E-state index contributed by atoms with van der Waals surface area (Å²) >= 11 is 56.8. The van der Waals surface area contributed by atoms with Gasteiger partial charge in [-0.2, -0.15) is 0 Å². The van der Waals surface area contributed by atoms with Gasteiger partial charge in [0, 0.05) is 0 Å². The molecule has 18 heteroatoms. The minimum Gasteiger partial charge on any atom is -0.412 e. The molecule has 3 heterocycles. The van der Waals surface area contributed by atoms with Crippen LogP contribution in [0.15, 0.2) is 42.5 Å². The Morgan fingerprint density at radius 2 is 1.33 bits per heavy atom. The van der Waals surface area contributed by atoms with Crippen LogP contribution in [0.25, 0.3) is 0 Å². The van der Waals surface area contributed by atoms with Crippen LogP contribution in [0.5, 0.6) is 0 Å². The van der Waals surface area contributed by atoms with Gasteiger partial charge >= 0.3 is 0 Å². The highest BCUT2D eigenvalue weighted by molar-refractivity contribution is 6.74. The largest absolute Gasteiger partial charge is 0.412 e. The number of epoxide rings is 1. The van der Waals surface area contributed by atoms with Crippen molar-refractivity contribution in [3.05, 3.63) is 48.0 Å². The van der Waals surface area contributed by atoms with Crippen LogP contribution in [0, 0.1) is 0 Å². The molecule has 388 valence electrons. The van der Waals surface area contributed by atoms with Gasteiger partial charge in [0.1, 0.15) is 28.7 Å². The van der Waals surface area contributed by atoms with Gasteiger partial charge in [0.25, 0.3) is 0 Å². The maximum atomic E-state index is 7.40. The zero-order chi connectivity index (χ0) is 50.7. The number of hydrogen-bond acceptors (Lipinski definition) is 8. The van der Waals surface area contributed by atoms with E-state index in [4.69, 9.17) is 130 Å². The van der Waals surface area contributed by atoms with Crippen molar-refractivity contribution < 1.29 is 37.3 Å². The van der Waals surface area contributed by atoms with Gasteiger partial charge in [-0.1, -0.05) is 107 Å². The van der Waals surface area contributed by atoms with Gasteiger partial charge < -0.3 is 37.3 Å². The Morgan fingerprint density at radius 1 is 0.746 bits per heavy atom. The Kier molecular flexibility index (Phi) is 22.2. The van der Waals surface area contributed by atoms with Crippen LogP contribution < -0.4 is 0 Å². The predicted octanol–water partition coefficient (Wildman–Crippen LogP) is 15.1. The molecule has 4 rings (SSSR count). The zero-order valence-electron chi connectivity index (χ0n) is 42.4. The maximum absolute atomic E-state index is 7.40. The Morgan fingerprint density at radius 3 is 1.90 bits per heavy atom. The van der Waals surface area contributed by atoms with Gasteiger partial charge in [-0.25, -0.2) is 0 Å². The molecule has 3 aliphatic heterocycles. The first-order valence-corrected chi connectivity index (χ1v) is 33.0. The van der Waals surface area contributed by atoms with Crippen molar-refractivity contribution in [1.29, 1.82) is 0 Å². The van der Waals surface area contributed by atoms with E-state index in [1.54, 1.807) is 13.8 Å². The summed E-state index contributed by atoms with van der Waals surface area (Å²) in [5.74, 6) is -1.74. The quantitative estimate of drug-likeness (QED) is 0.0439. The number of alkyl halides is 8. The Hall–Kier alpha value is 1.39. The topological polar surface area (TPSA) is 77.1 Å². The van der Waals surface area contributed by atoms with Crippen LogP contribution in [0.3, 0.4) is 0 Å². The molecule has 67 heavy (non-hydrogen) atoms. The summed E-state index contributed by atoms with van der Waals surface area (Å²) in [5.41, 5.74) is 1.10. The van der Waals surface area contributed by atoms with Crippen molar-refractivity contribution in [3.8, 4) is 0 Å². The summed E-state index contributed by atoms with van der Waals surface area (Å²) in [5, 5.41) is -3.32. The fraction of sp³-hybridized carbons (Fsp3) is 0.837. The normalized spacial score (nSPS) is 28.7. The molecule has 0 spiro atoms. The number of benzene rings is 1. The van der Waals surface area contributed by atoms with E-state index in [1.807, 2.05) is 44.2 Å². The first-order valence-electron chi connectivity index (χ1n) is 23.8. The molecule has 14 atom stereocenters. The van der Waals surface area contributed by atoms with E-state index in [-0.39, 0.29) is 46.0 Å². The van der Waals surface area contributed by atoms with Crippen molar-refractivity contribution >= 4 is 109 Å². The van der Waals surface area contributed by atoms with Crippen molar-refractivity contribution in [1.82, 2.24) is 0 Å². The summed E-state index contributed by atoms with van der Waals surface area (Å²) in [6.07, 6.45) is 2.85. The number of ether oxygens (including phenoxy) is 6. The molecule has 1 aromatic carbocycles. The minimum atomic E-state index is -2.35. The molecular formula is C49H80Cl8O8Si2. The predicted molar refractivity (Wildman–Crippen MR) is 287 cm³/mol. The fourth-order valence-electron chi connectivity index (χ4n) is 7.77. The molecule has 3 saturated heterocycles. The highest BCUT2D eigenvalue weighted by Crippen LogP contribution is 2.46. The Balaban J connectivity index is 1.42. The van der Waals surface area contributed by atoms with E-state index in [2.05, 4.69) is 86.8 Å². The molecule has 0 saturated carbocycles. The van der Waals surface area contributed by atoms with Gasteiger partial charge in [-0.15, -0.1) is 69.6 Å². The van der Waals surface area contributed by atoms with Crippen LogP contribution in [0.4, 0.5) is 0 Å². The maximum Gasteiger partial charge on any atom is 0.192 e. The SMILES string of the molecule is C[C@H](O[Si](C)(C)C(C)(C)C)[C@@H](CC[C@H](Cl)[C@@H](Cl)[C@@H](C[C@@H](Cl)[C@@H](Cl)[C@H]1O[C@@H]1/C=C\[C@@H]1OC(C)(C)O[C@@H](C(Cl)(Cl)CC[C@@H](Cl)[C@H]2COC(C)(C)O2)[C@H]1Cl)O[Si](C)(C)C(C)(C)C)OCc1ccccc1. The molecule has 0 amide bonds. The molecular weight excluding hydrogens is 1060 g/mol. The summed E-state index contributed by atoms with van der Waals surface area (Å²) in [7, 11) is -4.45. The summed E-state index contributed by atoms with van der Waals surface area (Å²) in [4.78, 5) is 0. The number of rotatable bonds is 24. The third-order valence-corrected chi connectivity index (χ3v) is 27.2.